The Bertz CT molecular complexity index is 262. The van der Waals surface area contributed by atoms with Gasteiger partial charge in [-0.3, -0.25) is 0 Å². The third-order valence-corrected chi connectivity index (χ3v) is 1.39. The molecule has 0 aromatic rings. The van der Waals surface area contributed by atoms with E-state index < -0.39 is 22.2 Å². The van der Waals surface area contributed by atoms with Gasteiger partial charge in [0.25, 0.3) is 6.36 Å². The van der Waals surface area contributed by atoms with Crippen molar-refractivity contribution in [2.75, 3.05) is 5.75 Å². The Hall–Kier alpha value is 0.120. The number of ether oxygens (including phenoxy) is 1. The minimum Gasteiger partial charge on any atom is -0.748 e. The molecule has 0 aromatic heterocycles. The molecule has 0 bridgehead atoms. The van der Waals surface area contributed by atoms with Crippen LogP contribution in [0.4, 0.5) is 4.39 Å². The summed E-state index contributed by atoms with van der Waals surface area (Å²) in [6, 6.07) is 0. The second-order valence-electron chi connectivity index (χ2n) is 1.82. The van der Waals surface area contributed by atoms with Crippen molar-refractivity contribution >= 4 is 10.1 Å². The van der Waals surface area contributed by atoms with Gasteiger partial charge in [0, 0.05) is 0 Å². The minimum absolute atomic E-state index is 0. The van der Waals surface area contributed by atoms with Crippen LogP contribution in [0.5, 0.6) is 0 Å². The summed E-state index contributed by atoms with van der Waals surface area (Å²) < 4.78 is 46.3. The second-order valence-corrected chi connectivity index (χ2v) is 3.27. The molecule has 0 aliphatic carbocycles. The summed E-state index contributed by atoms with van der Waals surface area (Å²) in [5.74, 6) is -0.711. The Kier molecular flexibility index (Phi) is 9.01. The summed E-state index contributed by atoms with van der Waals surface area (Å²) in [5, 5.41) is 0. The van der Waals surface area contributed by atoms with Gasteiger partial charge in [-0.1, -0.05) is 6.58 Å². The predicted molar refractivity (Wildman–Crippen MR) is 39.9 cm³/mol. The van der Waals surface area contributed by atoms with Gasteiger partial charge in [0.1, 0.15) is 0 Å². The molecule has 0 radical (unpaired) electrons. The van der Waals surface area contributed by atoms with E-state index in [0.29, 0.717) is 0 Å². The van der Waals surface area contributed by atoms with Crippen LogP contribution in [0.3, 0.4) is 0 Å². The fourth-order valence-corrected chi connectivity index (χ4v) is 0.658. The van der Waals surface area contributed by atoms with Gasteiger partial charge in [-0.05, 0) is 12.2 Å². The van der Waals surface area contributed by atoms with E-state index in [-0.39, 0.29) is 29.6 Å². The topological polar surface area (TPSA) is 66.4 Å². The van der Waals surface area contributed by atoms with Crippen LogP contribution in [0.1, 0.15) is 0 Å². The molecule has 0 amide bonds. The monoisotopic (exact) mass is 218 g/mol. The normalized spacial score (nSPS) is 13.4. The Morgan fingerprint density at radius 2 is 2.15 bits per heavy atom. The molecule has 4 nitrogen and oxygen atoms in total. The fourth-order valence-electron chi connectivity index (χ4n) is 0.343. The molecule has 13 heavy (non-hydrogen) atoms. The molecule has 0 fully saturated rings. The van der Waals surface area contributed by atoms with Crippen molar-refractivity contribution in [3.63, 3.8) is 0 Å². The van der Waals surface area contributed by atoms with Crippen LogP contribution in [0.25, 0.3) is 0 Å². The van der Waals surface area contributed by atoms with Crippen LogP contribution in [-0.2, 0) is 14.9 Å². The summed E-state index contributed by atoms with van der Waals surface area (Å²) in [6.07, 6.45) is 0.923. The summed E-state index contributed by atoms with van der Waals surface area (Å²) in [7, 11) is -4.29. The zero-order chi connectivity index (χ0) is 9.61. The van der Waals surface area contributed by atoms with Crippen molar-refractivity contribution in [2.24, 2.45) is 0 Å². The molecule has 0 saturated carbocycles. The fraction of sp³-hybridized carbons (Fsp3) is 0.333. The molecule has 7 heteroatoms. The Labute approximate surface area is 98.5 Å². The number of alkyl halides is 1. The van der Waals surface area contributed by atoms with Gasteiger partial charge in [0.15, 0.2) is 0 Å². The van der Waals surface area contributed by atoms with Crippen molar-refractivity contribution in [3.05, 3.63) is 25.0 Å². The average Bonchev–Trinajstić information content (AvgIpc) is 1.96. The zero-order valence-electron chi connectivity index (χ0n) is 7.14. The Morgan fingerprint density at radius 3 is 2.54 bits per heavy atom. The van der Waals surface area contributed by atoms with E-state index in [1.807, 2.05) is 0 Å². The first-order chi connectivity index (χ1) is 5.45. The first-order valence-electron chi connectivity index (χ1n) is 2.96. The van der Waals surface area contributed by atoms with Gasteiger partial charge < -0.3 is 9.29 Å². The van der Waals surface area contributed by atoms with E-state index in [1.165, 1.54) is 0 Å². The third kappa shape index (κ3) is 12.1. The molecule has 1 unspecified atom stereocenters. The van der Waals surface area contributed by atoms with Gasteiger partial charge in [0.2, 0.25) is 0 Å². The molecule has 0 rings (SSSR count). The summed E-state index contributed by atoms with van der Waals surface area (Å²) >= 11 is 0. The first kappa shape index (κ1) is 15.6. The molecule has 0 heterocycles. The summed E-state index contributed by atoms with van der Waals surface area (Å²) in [5.41, 5.74) is 0. The first-order valence-corrected chi connectivity index (χ1v) is 4.54. The number of rotatable bonds is 5. The van der Waals surface area contributed by atoms with Gasteiger partial charge in [-0.2, -0.15) is 4.39 Å². The second kappa shape index (κ2) is 7.52. The Balaban J connectivity index is 0. The number of hydrogen-bond donors (Lipinski definition) is 0. The van der Waals surface area contributed by atoms with Crippen molar-refractivity contribution in [2.45, 2.75) is 6.36 Å². The van der Waals surface area contributed by atoms with Crippen LogP contribution < -0.4 is 29.6 Å². The zero-order valence-corrected chi connectivity index (χ0v) is 9.96. The van der Waals surface area contributed by atoms with Gasteiger partial charge >= 0.3 is 29.6 Å². The molecule has 0 spiro atoms. The smallest absolute Gasteiger partial charge is 0.748 e. The molecule has 0 saturated heterocycles. The van der Waals surface area contributed by atoms with E-state index in [1.54, 1.807) is 0 Å². The van der Waals surface area contributed by atoms with Crippen LogP contribution in [-0.4, -0.2) is 25.1 Å². The largest absolute Gasteiger partial charge is 1.00 e. The van der Waals surface area contributed by atoms with Crippen molar-refractivity contribution in [3.8, 4) is 0 Å². The molecular weight excluding hydrogens is 210 g/mol. The SMILES string of the molecule is C=CC(F)OC=CCS(=O)(=O)[O-].[Na+]. The van der Waals surface area contributed by atoms with Crippen molar-refractivity contribution < 1.29 is 51.7 Å². The van der Waals surface area contributed by atoms with Gasteiger partial charge in [-0.15, -0.1) is 0 Å². The standard InChI is InChI=1S/C6H9FO4S.Na/c1-2-6(7)11-4-3-5-12(8,9)10;/h2-4,6H,1,5H2,(H,8,9,10);/q;+1/p-1. The van der Waals surface area contributed by atoms with Crippen LogP contribution in [0.2, 0.25) is 0 Å². The van der Waals surface area contributed by atoms with Crippen LogP contribution >= 0.6 is 0 Å². The molecule has 0 aliphatic heterocycles. The minimum atomic E-state index is -4.29. The average molecular weight is 218 g/mol. The van der Waals surface area contributed by atoms with Crippen molar-refractivity contribution in [1.82, 2.24) is 0 Å². The van der Waals surface area contributed by atoms with Crippen molar-refractivity contribution in [1.29, 1.82) is 0 Å². The quantitative estimate of drug-likeness (QED) is 0.222. The molecule has 1 atom stereocenters. The van der Waals surface area contributed by atoms with Gasteiger partial charge in [0.05, 0.1) is 22.1 Å². The van der Waals surface area contributed by atoms with E-state index in [4.69, 9.17) is 0 Å². The van der Waals surface area contributed by atoms with E-state index in [0.717, 1.165) is 18.4 Å². The third-order valence-electron chi connectivity index (χ3n) is 0.790. The maximum atomic E-state index is 12.1. The molecule has 0 aliphatic rings. The van der Waals surface area contributed by atoms with E-state index in [2.05, 4.69) is 11.3 Å². The van der Waals surface area contributed by atoms with E-state index >= 15 is 0 Å². The predicted octanol–water partition coefficient (Wildman–Crippen LogP) is -2.45. The molecule has 0 N–H and O–H groups in total. The maximum absolute atomic E-state index is 12.1. The number of halogens is 1. The molecular formula is C6H8FNaO4S. The molecule has 70 valence electrons. The van der Waals surface area contributed by atoms with Crippen LogP contribution in [0, 0.1) is 0 Å². The summed E-state index contributed by atoms with van der Waals surface area (Å²) in [6.45, 7) is 3.07. The maximum Gasteiger partial charge on any atom is 1.00 e. The summed E-state index contributed by atoms with van der Waals surface area (Å²) in [4.78, 5) is 0. The van der Waals surface area contributed by atoms with Gasteiger partial charge in [-0.25, -0.2) is 8.42 Å². The Morgan fingerprint density at radius 1 is 1.62 bits per heavy atom. The number of hydrogen-bond acceptors (Lipinski definition) is 4. The van der Waals surface area contributed by atoms with Crippen LogP contribution in [0.15, 0.2) is 25.0 Å². The molecule has 0 aromatic carbocycles. The van der Waals surface area contributed by atoms with E-state index in [9.17, 15) is 17.4 Å².